The zero-order valence-electron chi connectivity index (χ0n) is 14.7. The van der Waals surface area contributed by atoms with Gasteiger partial charge in [-0.1, -0.05) is 6.07 Å². The summed E-state index contributed by atoms with van der Waals surface area (Å²) in [6.07, 6.45) is 7.56. The van der Waals surface area contributed by atoms with Crippen LogP contribution in [0.25, 0.3) is 0 Å². The van der Waals surface area contributed by atoms with Crippen molar-refractivity contribution in [2.75, 3.05) is 50.9 Å². The van der Waals surface area contributed by atoms with E-state index in [9.17, 15) is 4.79 Å². The summed E-state index contributed by atoms with van der Waals surface area (Å²) < 4.78 is 0. The molecule has 1 amide bonds. The Balaban J connectivity index is 1.45. The van der Waals surface area contributed by atoms with E-state index < -0.39 is 0 Å². The van der Waals surface area contributed by atoms with Gasteiger partial charge in [-0.3, -0.25) is 9.69 Å². The molecule has 2 atom stereocenters. The van der Waals surface area contributed by atoms with Crippen molar-refractivity contribution in [1.29, 1.82) is 0 Å². The average molecular weight is 349 g/mol. The highest BCUT2D eigenvalue weighted by atomic mass is 32.2. The molecule has 2 aliphatic rings. The normalized spacial score (nSPS) is 25.0. The van der Waals surface area contributed by atoms with E-state index in [0.717, 1.165) is 50.1 Å². The number of anilines is 1. The summed E-state index contributed by atoms with van der Waals surface area (Å²) in [6.45, 7) is 4.27. The summed E-state index contributed by atoms with van der Waals surface area (Å²) in [5, 5.41) is 0.729. The van der Waals surface area contributed by atoms with Gasteiger partial charge in [-0.25, -0.2) is 4.98 Å². The van der Waals surface area contributed by atoms with Crippen LogP contribution < -0.4 is 4.90 Å². The van der Waals surface area contributed by atoms with Crippen molar-refractivity contribution in [3.63, 3.8) is 0 Å². The predicted molar refractivity (Wildman–Crippen MR) is 101 cm³/mol. The quantitative estimate of drug-likeness (QED) is 0.813. The zero-order chi connectivity index (χ0) is 16.9. The second-order valence-corrected chi connectivity index (χ2v) is 7.92. The Morgan fingerprint density at radius 1 is 1.29 bits per heavy atom. The molecule has 5 nitrogen and oxygen atoms in total. The first-order chi connectivity index (χ1) is 11.7. The molecule has 0 aromatic carbocycles. The lowest BCUT2D eigenvalue weighted by Crippen LogP contribution is -2.50. The molecule has 2 fully saturated rings. The number of piperazine rings is 1. The number of pyridine rings is 1. The van der Waals surface area contributed by atoms with Crippen molar-refractivity contribution in [3.05, 3.63) is 24.4 Å². The summed E-state index contributed by atoms with van der Waals surface area (Å²) in [4.78, 5) is 23.6. The minimum atomic E-state index is 0.271. The fourth-order valence-electron chi connectivity index (χ4n) is 3.67. The first-order valence-corrected chi connectivity index (χ1v) is 10.1. The number of aromatic nitrogens is 1. The third-order valence-electron chi connectivity index (χ3n) is 5.34. The minimum Gasteiger partial charge on any atom is -0.354 e. The van der Waals surface area contributed by atoms with Crippen LogP contribution in [0.5, 0.6) is 0 Å². The molecule has 0 radical (unpaired) electrons. The number of thioether (sulfide) groups is 1. The van der Waals surface area contributed by atoms with Crippen LogP contribution in [0.15, 0.2) is 24.4 Å². The summed E-state index contributed by atoms with van der Waals surface area (Å²) in [6, 6.07) is 6.46. The molecule has 1 aromatic rings. The Morgan fingerprint density at radius 2 is 2.08 bits per heavy atom. The number of rotatable bonds is 5. The summed E-state index contributed by atoms with van der Waals surface area (Å²) in [7, 11) is 1.99. The molecule has 0 spiro atoms. The van der Waals surface area contributed by atoms with E-state index >= 15 is 0 Å². The zero-order valence-corrected chi connectivity index (χ0v) is 15.5. The van der Waals surface area contributed by atoms with Gasteiger partial charge in [0.1, 0.15) is 5.82 Å². The number of nitrogens with zero attached hydrogens (tertiary/aromatic N) is 4. The maximum absolute atomic E-state index is 12.6. The van der Waals surface area contributed by atoms with Gasteiger partial charge in [0.05, 0.1) is 6.54 Å². The third-order valence-corrected chi connectivity index (χ3v) is 6.43. The van der Waals surface area contributed by atoms with Crippen LogP contribution in [0.2, 0.25) is 0 Å². The molecular weight excluding hydrogens is 320 g/mol. The Morgan fingerprint density at radius 3 is 2.71 bits per heavy atom. The number of amides is 1. The van der Waals surface area contributed by atoms with E-state index in [1.165, 1.54) is 6.42 Å². The predicted octanol–water partition coefficient (Wildman–Crippen LogP) is 1.95. The van der Waals surface area contributed by atoms with Gasteiger partial charge in [-0.2, -0.15) is 11.8 Å². The number of carbonyl (C=O) groups is 1. The first kappa shape index (κ1) is 17.5. The van der Waals surface area contributed by atoms with Crippen molar-refractivity contribution >= 4 is 23.5 Å². The third kappa shape index (κ3) is 4.22. The maximum Gasteiger partial charge on any atom is 0.236 e. The molecule has 132 valence electrons. The molecule has 1 aliphatic heterocycles. The molecule has 6 heteroatoms. The highest BCUT2D eigenvalue weighted by Gasteiger charge is 2.30. The van der Waals surface area contributed by atoms with Crippen molar-refractivity contribution in [2.45, 2.75) is 30.6 Å². The van der Waals surface area contributed by atoms with Gasteiger partial charge in [0.15, 0.2) is 0 Å². The first-order valence-electron chi connectivity index (χ1n) is 8.84. The molecule has 2 heterocycles. The van der Waals surface area contributed by atoms with Gasteiger partial charge < -0.3 is 9.80 Å². The standard InChI is InChI=1S/C18H28N4OS/c1-20(15-6-7-16(13-15)24-2)18(23)14-21-9-11-22(12-10-21)17-5-3-4-8-19-17/h3-5,8,15-16H,6-7,9-14H2,1-2H3. The topological polar surface area (TPSA) is 39.7 Å². The maximum atomic E-state index is 12.6. The fraction of sp³-hybridized carbons (Fsp3) is 0.667. The van der Waals surface area contributed by atoms with Crippen LogP contribution in [-0.2, 0) is 4.79 Å². The number of carbonyl (C=O) groups excluding carboxylic acids is 1. The summed E-state index contributed by atoms with van der Waals surface area (Å²) >= 11 is 1.94. The monoisotopic (exact) mass is 348 g/mol. The molecule has 0 bridgehead atoms. The molecule has 1 aliphatic carbocycles. The van der Waals surface area contributed by atoms with Crippen LogP contribution >= 0.6 is 11.8 Å². The van der Waals surface area contributed by atoms with Crippen molar-refractivity contribution < 1.29 is 4.79 Å². The van der Waals surface area contributed by atoms with Crippen LogP contribution in [0.1, 0.15) is 19.3 Å². The molecule has 1 saturated carbocycles. The Bertz CT molecular complexity index is 533. The van der Waals surface area contributed by atoms with Gasteiger partial charge in [0, 0.05) is 50.7 Å². The Kier molecular flexibility index (Phi) is 6.00. The molecule has 24 heavy (non-hydrogen) atoms. The average Bonchev–Trinajstić information content (AvgIpc) is 3.11. The van der Waals surface area contributed by atoms with Crippen molar-refractivity contribution in [2.24, 2.45) is 0 Å². The van der Waals surface area contributed by atoms with E-state index in [1.807, 2.05) is 42.0 Å². The van der Waals surface area contributed by atoms with E-state index in [1.54, 1.807) is 0 Å². The van der Waals surface area contributed by atoms with Crippen LogP contribution in [-0.4, -0.2) is 78.0 Å². The lowest BCUT2D eigenvalue weighted by molar-refractivity contribution is -0.133. The van der Waals surface area contributed by atoms with Crippen molar-refractivity contribution in [1.82, 2.24) is 14.8 Å². The van der Waals surface area contributed by atoms with E-state index in [4.69, 9.17) is 0 Å². The second-order valence-electron chi connectivity index (χ2n) is 6.78. The van der Waals surface area contributed by atoms with Crippen LogP contribution in [0.4, 0.5) is 5.82 Å². The van der Waals surface area contributed by atoms with Gasteiger partial charge in [0.2, 0.25) is 5.91 Å². The highest BCUT2D eigenvalue weighted by Crippen LogP contribution is 2.30. The number of likely N-dealkylation sites (N-methyl/N-ethyl adjacent to an activating group) is 1. The molecule has 3 rings (SSSR count). The van der Waals surface area contributed by atoms with Gasteiger partial charge in [0.25, 0.3) is 0 Å². The minimum absolute atomic E-state index is 0.271. The van der Waals surface area contributed by atoms with Crippen LogP contribution in [0, 0.1) is 0 Å². The Labute approximate surface area is 149 Å². The summed E-state index contributed by atoms with van der Waals surface area (Å²) in [5.41, 5.74) is 0. The lowest BCUT2D eigenvalue weighted by atomic mass is 10.2. The lowest BCUT2D eigenvalue weighted by Gasteiger charge is -2.36. The largest absolute Gasteiger partial charge is 0.354 e. The van der Waals surface area contributed by atoms with Gasteiger partial charge in [-0.05, 0) is 37.7 Å². The molecule has 1 aromatic heterocycles. The fourth-order valence-corrected chi connectivity index (χ4v) is 4.45. The van der Waals surface area contributed by atoms with Gasteiger partial charge >= 0.3 is 0 Å². The molecule has 0 N–H and O–H groups in total. The smallest absolute Gasteiger partial charge is 0.236 e. The van der Waals surface area contributed by atoms with Crippen molar-refractivity contribution in [3.8, 4) is 0 Å². The summed E-state index contributed by atoms with van der Waals surface area (Å²) in [5.74, 6) is 1.31. The molecule has 1 saturated heterocycles. The van der Waals surface area contributed by atoms with E-state index in [2.05, 4.69) is 27.1 Å². The van der Waals surface area contributed by atoms with E-state index in [0.29, 0.717) is 12.6 Å². The van der Waals surface area contributed by atoms with E-state index in [-0.39, 0.29) is 5.91 Å². The molecular formula is C18H28N4OS. The van der Waals surface area contributed by atoms with Crippen LogP contribution in [0.3, 0.4) is 0 Å². The van der Waals surface area contributed by atoms with Gasteiger partial charge in [-0.15, -0.1) is 0 Å². The number of hydrogen-bond donors (Lipinski definition) is 0. The second kappa shape index (κ2) is 8.21. The molecule has 2 unspecified atom stereocenters. The SMILES string of the molecule is CSC1CCC(N(C)C(=O)CN2CCN(c3ccccn3)CC2)C1. The Hall–Kier alpha value is -1.27. The highest BCUT2D eigenvalue weighted by molar-refractivity contribution is 7.99. The number of hydrogen-bond acceptors (Lipinski definition) is 5.